The van der Waals surface area contributed by atoms with Crippen LogP contribution in [-0.4, -0.2) is 34.0 Å². The van der Waals surface area contributed by atoms with Gasteiger partial charge in [0.25, 0.3) is 5.56 Å². The van der Waals surface area contributed by atoms with Gasteiger partial charge in [0.2, 0.25) is 0 Å². The molecule has 0 aliphatic rings. The van der Waals surface area contributed by atoms with E-state index in [1.807, 2.05) is 60.8 Å². The van der Waals surface area contributed by atoms with Crippen LogP contribution in [0.25, 0.3) is 16.8 Å². The molecule has 2 N–H and O–H groups in total. The van der Waals surface area contributed by atoms with Crippen LogP contribution in [0.1, 0.15) is 16.7 Å². The lowest BCUT2D eigenvalue weighted by atomic mass is 10.0. The third-order valence-electron chi connectivity index (χ3n) is 6.50. The molecular formula is C31H26F3N5O3. The van der Waals surface area contributed by atoms with Gasteiger partial charge in [0, 0.05) is 47.5 Å². The fourth-order valence-electron chi connectivity index (χ4n) is 4.47. The number of ether oxygens (including phenoxy) is 2. The van der Waals surface area contributed by atoms with E-state index in [1.165, 1.54) is 16.7 Å². The van der Waals surface area contributed by atoms with Gasteiger partial charge in [-0.1, -0.05) is 42.5 Å². The lowest BCUT2D eigenvalue weighted by Gasteiger charge is -2.17. The van der Waals surface area contributed by atoms with E-state index in [0.717, 1.165) is 35.2 Å². The molecule has 5 aromatic rings. The number of aromatic nitrogens is 3. The van der Waals surface area contributed by atoms with Crippen molar-refractivity contribution < 1.29 is 22.6 Å². The Morgan fingerprint density at radius 3 is 2.26 bits per heavy atom. The van der Waals surface area contributed by atoms with Crippen molar-refractivity contribution in [2.24, 2.45) is 0 Å². The summed E-state index contributed by atoms with van der Waals surface area (Å²) in [6.45, 7) is 0.790. The summed E-state index contributed by atoms with van der Waals surface area (Å²) in [6.07, 6.45) is 1.28. The summed E-state index contributed by atoms with van der Waals surface area (Å²) in [5.41, 5.74) is 3.48. The zero-order valence-corrected chi connectivity index (χ0v) is 22.4. The molecule has 0 aliphatic heterocycles. The highest BCUT2D eigenvalue weighted by Crippen LogP contribution is 2.29. The molecule has 0 bridgehead atoms. The zero-order valence-electron chi connectivity index (χ0n) is 22.4. The third kappa shape index (κ3) is 6.52. The third-order valence-corrected chi connectivity index (χ3v) is 6.50. The number of alkyl halides is 3. The van der Waals surface area contributed by atoms with Gasteiger partial charge in [0.05, 0.1) is 19.9 Å². The van der Waals surface area contributed by atoms with Crippen LogP contribution >= 0.6 is 0 Å². The van der Waals surface area contributed by atoms with Crippen LogP contribution in [0.5, 0.6) is 11.5 Å². The summed E-state index contributed by atoms with van der Waals surface area (Å²) in [5, 5.41) is 15.8. The van der Waals surface area contributed by atoms with Crippen molar-refractivity contribution in [3.8, 4) is 28.3 Å². The molecule has 0 unspecified atom stereocenters. The SMILES string of the molecule is COc1ccc(Cn2cc(-c3cn(-c4ccc(OC(F)(F)F)cc4)c(=O)c(NCc4ccccc4)c3C=N)cn2)cc1. The van der Waals surface area contributed by atoms with Crippen molar-refractivity contribution in [1.29, 1.82) is 5.41 Å². The maximum Gasteiger partial charge on any atom is 0.573 e. The molecule has 0 atom stereocenters. The Balaban J connectivity index is 1.55. The Morgan fingerprint density at radius 1 is 0.929 bits per heavy atom. The maximum atomic E-state index is 13.7. The topological polar surface area (TPSA) is 94.2 Å². The first-order valence-corrected chi connectivity index (χ1v) is 12.8. The molecule has 0 fully saturated rings. The highest BCUT2D eigenvalue weighted by atomic mass is 19.4. The van der Waals surface area contributed by atoms with Crippen molar-refractivity contribution in [2.75, 3.05) is 12.4 Å². The average molecular weight is 574 g/mol. The minimum Gasteiger partial charge on any atom is -0.497 e. The van der Waals surface area contributed by atoms with Crippen LogP contribution < -0.4 is 20.3 Å². The van der Waals surface area contributed by atoms with Crippen LogP contribution in [0.4, 0.5) is 18.9 Å². The number of rotatable bonds is 10. The number of benzene rings is 3. The minimum atomic E-state index is -4.84. The molecule has 0 aliphatic carbocycles. The number of anilines is 1. The molecule has 2 heterocycles. The smallest absolute Gasteiger partial charge is 0.497 e. The van der Waals surface area contributed by atoms with Crippen LogP contribution in [0.15, 0.2) is 102 Å². The summed E-state index contributed by atoms with van der Waals surface area (Å²) in [5.74, 6) is 0.337. The van der Waals surface area contributed by atoms with Crippen LogP contribution in [0.2, 0.25) is 0 Å². The number of nitrogens with one attached hydrogen (secondary N) is 2. The molecule has 3 aromatic carbocycles. The second-order valence-corrected chi connectivity index (χ2v) is 9.31. The number of nitrogens with zero attached hydrogens (tertiary/aromatic N) is 3. The summed E-state index contributed by atoms with van der Waals surface area (Å²) in [4.78, 5) is 13.7. The largest absolute Gasteiger partial charge is 0.573 e. The average Bonchev–Trinajstić information content (AvgIpc) is 3.45. The van der Waals surface area contributed by atoms with E-state index >= 15 is 0 Å². The lowest BCUT2D eigenvalue weighted by molar-refractivity contribution is -0.274. The Labute approximate surface area is 239 Å². The Kier molecular flexibility index (Phi) is 8.09. The summed E-state index contributed by atoms with van der Waals surface area (Å²) < 4.78 is 50.3. The normalized spacial score (nSPS) is 11.2. The Hall–Kier alpha value is -5.32. The molecule has 5 rings (SSSR count). The van der Waals surface area contributed by atoms with E-state index in [2.05, 4.69) is 15.2 Å². The maximum absolute atomic E-state index is 13.7. The monoisotopic (exact) mass is 573 g/mol. The van der Waals surface area contributed by atoms with Gasteiger partial charge < -0.3 is 20.2 Å². The molecular weight excluding hydrogens is 547 g/mol. The van der Waals surface area contributed by atoms with Crippen LogP contribution in [0, 0.1) is 5.41 Å². The summed E-state index contributed by atoms with van der Waals surface area (Å²) in [6, 6.07) is 22.1. The molecule has 2 aromatic heterocycles. The van der Waals surface area contributed by atoms with E-state index in [4.69, 9.17) is 10.1 Å². The predicted octanol–water partition coefficient (Wildman–Crippen LogP) is 6.27. The van der Waals surface area contributed by atoms with E-state index in [-0.39, 0.29) is 5.69 Å². The molecule has 214 valence electrons. The van der Waals surface area contributed by atoms with Crippen LogP contribution in [-0.2, 0) is 13.1 Å². The van der Waals surface area contributed by atoms with E-state index in [9.17, 15) is 18.0 Å². The Morgan fingerprint density at radius 2 is 1.62 bits per heavy atom. The first-order chi connectivity index (χ1) is 20.2. The molecule has 42 heavy (non-hydrogen) atoms. The number of methoxy groups -OCH3 is 1. The molecule has 8 nitrogen and oxygen atoms in total. The van der Waals surface area contributed by atoms with Gasteiger partial charge in [-0.05, 0) is 47.5 Å². The van der Waals surface area contributed by atoms with Gasteiger partial charge in [0.1, 0.15) is 17.2 Å². The zero-order chi connectivity index (χ0) is 29.7. The lowest BCUT2D eigenvalue weighted by Crippen LogP contribution is -2.24. The minimum absolute atomic E-state index is 0.171. The number of hydrogen-bond acceptors (Lipinski definition) is 6. The summed E-state index contributed by atoms with van der Waals surface area (Å²) >= 11 is 0. The summed E-state index contributed by atoms with van der Waals surface area (Å²) in [7, 11) is 1.60. The van der Waals surface area contributed by atoms with Crippen molar-refractivity contribution >= 4 is 11.9 Å². The van der Waals surface area contributed by atoms with E-state index in [0.29, 0.717) is 35.5 Å². The van der Waals surface area contributed by atoms with E-state index in [1.54, 1.807) is 24.2 Å². The molecule has 0 radical (unpaired) electrons. The molecule has 0 spiro atoms. The molecule has 0 amide bonds. The molecule has 11 heteroatoms. The van der Waals surface area contributed by atoms with Crippen molar-refractivity contribution in [3.63, 3.8) is 0 Å². The second kappa shape index (κ2) is 12.0. The van der Waals surface area contributed by atoms with Gasteiger partial charge in [-0.15, -0.1) is 13.2 Å². The van der Waals surface area contributed by atoms with Crippen molar-refractivity contribution in [1.82, 2.24) is 14.3 Å². The van der Waals surface area contributed by atoms with E-state index < -0.39 is 17.7 Å². The number of hydrogen-bond donors (Lipinski definition) is 2. The van der Waals surface area contributed by atoms with Gasteiger partial charge >= 0.3 is 6.36 Å². The standard InChI is InChI=1S/C31H26F3N5O3/c1-41-25-11-7-22(8-12-25)18-38-19-23(17-37-38)28-20-39(24-9-13-26(14-10-24)42-31(32,33)34)30(40)29(27(28)15-35)36-16-21-5-3-2-4-6-21/h2-15,17,19-20,35-36H,16,18H2,1H3. The van der Waals surface area contributed by atoms with Crippen molar-refractivity contribution in [3.05, 3.63) is 124 Å². The molecule has 0 saturated heterocycles. The number of pyridine rings is 1. The quantitative estimate of drug-likeness (QED) is 0.192. The second-order valence-electron chi connectivity index (χ2n) is 9.31. The first kappa shape index (κ1) is 28.2. The van der Waals surface area contributed by atoms with Gasteiger partial charge in [0.15, 0.2) is 0 Å². The Bertz CT molecular complexity index is 1730. The van der Waals surface area contributed by atoms with Crippen LogP contribution in [0.3, 0.4) is 0 Å². The highest BCUT2D eigenvalue weighted by Gasteiger charge is 2.31. The highest BCUT2D eigenvalue weighted by molar-refractivity contribution is 5.95. The number of halogens is 3. The van der Waals surface area contributed by atoms with Gasteiger partial charge in [-0.2, -0.15) is 5.10 Å². The van der Waals surface area contributed by atoms with Gasteiger partial charge in [-0.25, -0.2) is 0 Å². The fourth-order valence-corrected chi connectivity index (χ4v) is 4.47. The predicted molar refractivity (Wildman–Crippen MR) is 154 cm³/mol. The van der Waals surface area contributed by atoms with Gasteiger partial charge in [-0.3, -0.25) is 14.0 Å². The fraction of sp³-hybridized carbons (Fsp3) is 0.129. The van der Waals surface area contributed by atoms with Crippen molar-refractivity contribution in [2.45, 2.75) is 19.5 Å². The first-order valence-electron chi connectivity index (χ1n) is 12.8. The molecule has 0 saturated carbocycles.